The van der Waals surface area contributed by atoms with E-state index in [0.29, 0.717) is 12.4 Å². The van der Waals surface area contributed by atoms with Crippen molar-refractivity contribution in [2.45, 2.75) is 13.1 Å². The first-order valence-electron chi connectivity index (χ1n) is 7.00. The molecular formula is C17H17N3O2. The van der Waals surface area contributed by atoms with Gasteiger partial charge in [-0.05, 0) is 35.4 Å². The number of aliphatic imine (C=N–C) groups is 2. The molecule has 3 heterocycles. The number of benzene rings is 1. The normalized spacial score (nSPS) is 13.2. The molecule has 0 aliphatic carbocycles. The fourth-order valence-corrected chi connectivity index (χ4v) is 2.29. The molecule has 0 atom stereocenters. The molecule has 1 aromatic heterocycles. The van der Waals surface area contributed by atoms with Crippen molar-refractivity contribution >= 4 is 12.4 Å². The number of ether oxygens (including phenoxy) is 2. The molecule has 4 rings (SSSR count). The maximum absolute atomic E-state index is 5.08. The Balaban J connectivity index is 0.000000131. The zero-order valence-corrected chi connectivity index (χ0v) is 12.6. The van der Waals surface area contributed by atoms with Gasteiger partial charge in [-0.15, -0.1) is 0 Å². The lowest BCUT2D eigenvalue weighted by Crippen LogP contribution is -1.93. The molecular weight excluding hydrogens is 278 g/mol. The molecule has 0 unspecified atom stereocenters. The van der Waals surface area contributed by atoms with Crippen LogP contribution in [0.5, 0.6) is 11.6 Å². The highest BCUT2D eigenvalue weighted by Gasteiger charge is 2.07. The van der Waals surface area contributed by atoms with Gasteiger partial charge in [0.2, 0.25) is 5.88 Å². The van der Waals surface area contributed by atoms with Gasteiger partial charge in [0.25, 0.3) is 0 Å². The van der Waals surface area contributed by atoms with Crippen LogP contribution in [0, 0.1) is 0 Å². The Labute approximate surface area is 129 Å². The van der Waals surface area contributed by atoms with E-state index in [4.69, 9.17) is 9.47 Å². The summed E-state index contributed by atoms with van der Waals surface area (Å²) in [5, 5.41) is 0. The molecule has 2 aliphatic heterocycles. The smallest absolute Gasteiger partial charge is 0.213 e. The number of hydrogen-bond acceptors (Lipinski definition) is 5. The fraction of sp³-hybridized carbons (Fsp3) is 0.235. The van der Waals surface area contributed by atoms with Crippen molar-refractivity contribution in [1.29, 1.82) is 0 Å². The number of rotatable bonds is 2. The van der Waals surface area contributed by atoms with Crippen LogP contribution in [0.25, 0.3) is 0 Å². The van der Waals surface area contributed by atoms with Crippen molar-refractivity contribution in [3.05, 3.63) is 52.7 Å². The number of aromatic nitrogens is 1. The Morgan fingerprint density at radius 3 is 2.45 bits per heavy atom. The maximum atomic E-state index is 5.08. The fourth-order valence-electron chi connectivity index (χ4n) is 2.29. The molecule has 2 aromatic rings. The molecule has 0 N–H and O–H groups in total. The highest BCUT2D eigenvalue weighted by atomic mass is 16.5. The molecule has 0 fully saturated rings. The minimum Gasteiger partial charge on any atom is -0.497 e. The Bertz CT molecular complexity index is 675. The molecule has 0 amide bonds. The van der Waals surface area contributed by atoms with Crippen LogP contribution in [0.15, 0.2) is 40.3 Å². The zero-order chi connectivity index (χ0) is 15.4. The summed E-state index contributed by atoms with van der Waals surface area (Å²) in [5.74, 6) is 1.57. The largest absolute Gasteiger partial charge is 0.497 e. The summed E-state index contributed by atoms with van der Waals surface area (Å²) < 4.78 is 10.1. The molecule has 0 radical (unpaired) electrons. The number of fused-ring (bicyclic) bond motifs is 2. The molecule has 0 bridgehead atoms. The molecule has 5 nitrogen and oxygen atoms in total. The van der Waals surface area contributed by atoms with Gasteiger partial charge >= 0.3 is 0 Å². The zero-order valence-electron chi connectivity index (χ0n) is 12.6. The molecule has 5 heteroatoms. The van der Waals surface area contributed by atoms with Gasteiger partial charge in [-0.1, -0.05) is 0 Å². The van der Waals surface area contributed by atoms with Gasteiger partial charge in [0, 0.05) is 24.1 Å². The highest BCUT2D eigenvalue weighted by molar-refractivity contribution is 5.84. The number of hydrogen-bond donors (Lipinski definition) is 0. The number of pyridine rings is 1. The van der Waals surface area contributed by atoms with E-state index < -0.39 is 0 Å². The lowest BCUT2D eigenvalue weighted by molar-refractivity contribution is 0.396. The molecule has 1 aromatic carbocycles. The summed E-state index contributed by atoms with van der Waals surface area (Å²) >= 11 is 0. The van der Waals surface area contributed by atoms with Crippen LogP contribution in [0.3, 0.4) is 0 Å². The summed E-state index contributed by atoms with van der Waals surface area (Å²) in [4.78, 5) is 12.5. The van der Waals surface area contributed by atoms with Crippen molar-refractivity contribution in [2.24, 2.45) is 9.98 Å². The van der Waals surface area contributed by atoms with Crippen LogP contribution < -0.4 is 9.47 Å². The maximum Gasteiger partial charge on any atom is 0.213 e. The van der Waals surface area contributed by atoms with Gasteiger partial charge in [0.15, 0.2) is 0 Å². The molecule has 0 saturated carbocycles. The van der Waals surface area contributed by atoms with E-state index >= 15 is 0 Å². The summed E-state index contributed by atoms with van der Waals surface area (Å²) in [6.07, 6.45) is 3.73. The summed E-state index contributed by atoms with van der Waals surface area (Å²) in [7, 11) is 3.29. The van der Waals surface area contributed by atoms with Crippen LogP contribution in [-0.2, 0) is 13.1 Å². The summed E-state index contributed by atoms with van der Waals surface area (Å²) in [6.45, 7) is 1.49. The van der Waals surface area contributed by atoms with Gasteiger partial charge in [0.05, 0.1) is 33.0 Å². The highest BCUT2D eigenvalue weighted by Crippen LogP contribution is 2.20. The lowest BCUT2D eigenvalue weighted by Gasteiger charge is -2.01. The monoisotopic (exact) mass is 295 g/mol. The van der Waals surface area contributed by atoms with Crippen molar-refractivity contribution < 1.29 is 9.47 Å². The first-order chi connectivity index (χ1) is 10.8. The van der Waals surface area contributed by atoms with E-state index in [2.05, 4.69) is 15.0 Å². The van der Waals surface area contributed by atoms with Crippen LogP contribution >= 0.6 is 0 Å². The third-order valence-corrected chi connectivity index (χ3v) is 3.51. The molecule has 22 heavy (non-hydrogen) atoms. The second-order valence-electron chi connectivity index (χ2n) is 4.89. The second-order valence-corrected chi connectivity index (χ2v) is 4.89. The predicted octanol–water partition coefficient (Wildman–Crippen LogP) is 2.65. The van der Waals surface area contributed by atoms with E-state index in [1.54, 1.807) is 14.2 Å². The van der Waals surface area contributed by atoms with Crippen LogP contribution in [0.1, 0.15) is 22.4 Å². The standard InChI is InChI=1S/C9H9NO.C8H8N2O/c1-11-9-3-2-7-5-10-6-8(7)4-9;1-11-8-3-2-6-4-9-5-7(6)10-8/h2-5H,6H2,1H3;2-4H,5H2,1H3. The van der Waals surface area contributed by atoms with Crippen LogP contribution in [-0.4, -0.2) is 31.6 Å². The summed E-state index contributed by atoms with van der Waals surface area (Å²) in [5.41, 5.74) is 4.57. The number of methoxy groups -OCH3 is 2. The first kappa shape index (κ1) is 14.3. The molecule has 0 spiro atoms. The second kappa shape index (κ2) is 6.39. The van der Waals surface area contributed by atoms with E-state index in [0.717, 1.165) is 23.6 Å². The third kappa shape index (κ3) is 2.98. The Morgan fingerprint density at radius 1 is 0.864 bits per heavy atom. The predicted molar refractivity (Wildman–Crippen MR) is 86.4 cm³/mol. The van der Waals surface area contributed by atoms with Crippen LogP contribution in [0.2, 0.25) is 0 Å². The van der Waals surface area contributed by atoms with E-state index in [1.165, 1.54) is 11.1 Å². The van der Waals surface area contributed by atoms with Gasteiger partial charge in [-0.25, -0.2) is 4.98 Å². The van der Waals surface area contributed by atoms with Gasteiger partial charge < -0.3 is 9.47 Å². The molecule has 112 valence electrons. The Hall–Kier alpha value is -2.69. The Kier molecular flexibility index (Phi) is 4.14. The average molecular weight is 295 g/mol. The van der Waals surface area contributed by atoms with E-state index in [9.17, 15) is 0 Å². The molecule has 0 saturated heterocycles. The minimum atomic E-state index is 0.661. The Morgan fingerprint density at radius 2 is 1.64 bits per heavy atom. The molecule has 2 aliphatic rings. The van der Waals surface area contributed by atoms with Gasteiger partial charge in [-0.2, -0.15) is 0 Å². The number of nitrogens with zero attached hydrogens (tertiary/aromatic N) is 3. The topological polar surface area (TPSA) is 56.1 Å². The lowest BCUT2D eigenvalue weighted by atomic mass is 10.1. The van der Waals surface area contributed by atoms with E-state index in [1.807, 2.05) is 42.8 Å². The minimum absolute atomic E-state index is 0.661. The van der Waals surface area contributed by atoms with Crippen molar-refractivity contribution in [3.8, 4) is 11.6 Å². The van der Waals surface area contributed by atoms with Gasteiger partial charge in [-0.3, -0.25) is 9.98 Å². The summed E-state index contributed by atoms with van der Waals surface area (Å²) in [6, 6.07) is 9.83. The van der Waals surface area contributed by atoms with E-state index in [-0.39, 0.29) is 0 Å². The van der Waals surface area contributed by atoms with Crippen molar-refractivity contribution in [3.63, 3.8) is 0 Å². The SMILES string of the molecule is COc1ccc2c(c1)CN=C2.COc1ccc2c(n1)CN=C2. The van der Waals surface area contributed by atoms with Gasteiger partial charge in [0.1, 0.15) is 5.75 Å². The van der Waals surface area contributed by atoms with Crippen molar-refractivity contribution in [2.75, 3.05) is 14.2 Å². The van der Waals surface area contributed by atoms with Crippen LogP contribution in [0.4, 0.5) is 0 Å². The first-order valence-corrected chi connectivity index (χ1v) is 7.00. The average Bonchev–Trinajstić information content (AvgIpc) is 3.22. The van der Waals surface area contributed by atoms with Crippen molar-refractivity contribution in [1.82, 2.24) is 4.98 Å². The quantitative estimate of drug-likeness (QED) is 0.856. The third-order valence-electron chi connectivity index (χ3n) is 3.51.